The van der Waals surface area contributed by atoms with Gasteiger partial charge in [0, 0.05) is 5.56 Å². The van der Waals surface area contributed by atoms with E-state index < -0.39 is 35.6 Å². The number of hydrogen-bond acceptors (Lipinski definition) is 2. The van der Waals surface area contributed by atoms with E-state index >= 15 is 0 Å². The lowest BCUT2D eigenvalue weighted by atomic mass is 10.1. The first-order chi connectivity index (χ1) is 7.27. The van der Waals surface area contributed by atoms with Crippen molar-refractivity contribution in [3.63, 3.8) is 0 Å². The maximum Gasteiger partial charge on any atom is 0.418 e. The van der Waals surface area contributed by atoms with Gasteiger partial charge in [-0.25, -0.2) is 13.8 Å². The van der Waals surface area contributed by atoms with Gasteiger partial charge >= 0.3 is 6.18 Å². The molecule has 0 aliphatic heterocycles. The molecule has 0 bridgehead atoms. The van der Waals surface area contributed by atoms with Crippen LogP contribution in [0.25, 0.3) is 0 Å². The molecule has 0 unspecified atom stereocenters. The van der Waals surface area contributed by atoms with Crippen LogP contribution in [0.15, 0.2) is 6.07 Å². The normalized spacial score (nSPS) is 12.2. The molecule has 2 nitrogen and oxygen atoms in total. The average molecular weight is 262 g/mol. The van der Waals surface area contributed by atoms with Crippen LogP contribution in [-0.2, 0) is 12.8 Å². The Bertz CT molecular complexity index is 393. The largest absolute Gasteiger partial charge is 0.418 e. The fourth-order valence-corrected chi connectivity index (χ4v) is 1.26. The Morgan fingerprint density at radius 3 is 2.31 bits per heavy atom. The number of alkyl halides is 5. The minimum Gasteiger partial charge on any atom is -0.392 e. The quantitative estimate of drug-likeness (QED) is 0.655. The monoisotopic (exact) mass is 261 g/mol. The molecule has 0 aliphatic carbocycles. The van der Waals surface area contributed by atoms with Gasteiger partial charge in [-0.1, -0.05) is 11.6 Å². The van der Waals surface area contributed by atoms with Crippen LogP contribution < -0.4 is 0 Å². The molecular formula is C8H5ClF5NO. The number of rotatable bonds is 2. The van der Waals surface area contributed by atoms with E-state index in [2.05, 4.69) is 4.98 Å². The molecule has 0 aliphatic rings. The van der Waals surface area contributed by atoms with Gasteiger partial charge < -0.3 is 5.11 Å². The number of hydrogen-bond donors (Lipinski definition) is 1. The smallest absolute Gasteiger partial charge is 0.392 e. The Morgan fingerprint density at radius 2 is 1.94 bits per heavy atom. The fourth-order valence-electron chi connectivity index (χ4n) is 1.05. The second-order valence-corrected chi connectivity index (χ2v) is 3.19. The predicted molar refractivity (Wildman–Crippen MR) is 45.1 cm³/mol. The summed E-state index contributed by atoms with van der Waals surface area (Å²) in [6.07, 6.45) is -8.35. The van der Waals surface area contributed by atoms with Gasteiger partial charge in [-0.05, 0) is 6.07 Å². The topological polar surface area (TPSA) is 33.1 Å². The summed E-state index contributed by atoms with van der Waals surface area (Å²) in [6.45, 7) is -0.807. The number of nitrogens with zero attached hydrogens (tertiary/aromatic N) is 1. The van der Waals surface area contributed by atoms with E-state index in [0.717, 1.165) is 0 Å². The molecule has 16 heavy (non-hydrogen) atoms. The van der Waals surface area contributed by atoms with E-state index in [4.69, 9.17) is 16.7 Å². The molecule has 0 aromatic carbocycles. The first-order valence-corrected chi connectivity index (χ1v) is 4.30. The van der Waals surface area contributed by atoms with Crippen LogP contribution in [0.2, 0.25) is 5.15 Å². The average Bonchev–Trinajstić information content (AvgIpc) is 2.15. The van der Waals surface area contributed by atoms with Crippen molar-refractivity contribution in [2.75, 3.05) is 0 Å². The summed E-state index contributed by atoms with van der Waals surface area (Å²) in [4.78, 5) is 2.95. The number of aromatic nitrogens is 1. The minimum absolute atomic E-state index is 0.349. The SMILES string of the molecule is OCc1cc(C(F)(F)F)c(C(F)F)nc1Cl. The van der Waals surface area contributed by atoms with Crippen LogP contribution >= 0.6 is 11.6 Å². The van der Waals surface area contributed by atoms with Crippen molar-refractivity contribution >= 4 is 11.6 Å². The van der Waals surface area contributed by atoms with Crippen LogP contribution in [0, 0.1) is 0 Å². The van der Waals surface area contributed by atoms with Gasteiger partial charge in [0.05, 0.1) is 12.2 Å². The highest BCUT2D eigenvalue weighted by molar-refractivity contribution is 6.30. The van der Waals surface area contributed by atoms with E-state index in [9.17, 15) is 22.0 Å². The third-order valence-electron chi connectivity index (χ3n) is 1.76. The lowest BCUT2D eigenvalue weighted by Gasteiger charge is -2.13. The van der Waals surface area contributed by atoms with Gasteiger partial charge in [-0.2, -0.15) is 13.2 Å². The van der Waals surface area contributed by atoms with Crippen molar-refractivity contribution in [2.45, 2.75) is 19.2 Å². The third kappa shape index (κ3) is 2.59. The summed E-state index contributed by atoms with van der Waals surface area (Å²) in [6, 6.07) is 0.372. The first-order valence-electron chi connectivity index (χ1n) is 3.93. The summed E-state index contributed by atoms with van der Waals surface area (Å²) in [7, 11) is 0. The van der Waals surface area contributed by atoms with Gasteiger partial charge in [0.25, 0.3) is 6.43 Å². The summed E-state index contributed by atoms with van der Waals surface area (Å²) >= 11 is 5.32. The summed E-state index contributed by atoms with van der Waals surface area (Å²) in [5, 5.41) is 8.09. The fraction of sp³-hybridized carbons (Fsp3) is 0.375. The molecule has 1 rings (SSSR count). The number of pyridine rings is 1. The highest BCUT2D eigenvalue weighted by Crippen LogP contribution is 2.37. The van der Waals surface area contributed by atoms with E-state index in [1.807, 2.05) is 0 Å². The Labute approximate surface area is 91.7 Å². The van der Waals surface area contributed by atoms with E-state index in [0.29, 0.717) is 6.07 Å². The second-order valence-electron chi connectivity index (χ2n) is 2.83. The lowest BCUT2D eigenvalue weighted by Crippen LogP contribution is -2.13. The molecular weight excluding hydrogens is 257 g/mol. The molecule has 8 heteroatoms. The first kappa shape index (κ1) is 13.1. The molecule has 1 aromatic rings. The third-order valence-corrected chi connectivity index (χ3v) is 2.09. The lowest BCUT2D eigenvalue weighted by molar-refractivity contribution is -0.140. The van der Waals surface area contributed by atoms with Gasteiger partial charge in [0.1, 0.15) is 10.8 Å². The van der Waals surface area contributed by atoms with Crippen molar-refractivity contribution < 1.29 is 27.1 Å². The number of aliphatic hydroxyl groups excluding tert-OH is 1. The maximum absolute atomic E-state index is 12.4. The van der Waals surface area contributed by atoms with Gasteiger partial charge in [0.15, 0.2) is 0 Å². The van der Waals surface area contributed by atoms with Crippen LogP contribution in [0.4, 0.5) is 22.0 Å². The molecule has 0 fully saturated rings. The highest BCUT2D eigenvalue weighted by atomic mass is 35.5. The molecule has 0 spiro atoms. The molecule has 0 amide bonds. The van der Waals surface area contributed by atoms with Crippen LogP contribution in [0.1, 0.15) is 23.2 Å². The van der Waals surface area contributed by atoms with Crippen molar-refractivity contribution in [1.82, 2.24) is 4.98 Å². The summed E-state index contributed by atoms with van der Waals surface area (Å²) in [5.74, 6) is 0. The Balaban J connectivity index is 3.43. The van der Waals surface area contributed by atoms with Gasteiger partial charge in [-0.3, -0.25) is 0 Å². The van der Waals surface area contributed by atoms with Crippen molar-refractivity contribution in [3.8, 4) is 0 Å². The Hall–Kier alpha value is -0.950. The van der Waals surface area contributed by atoms with Crippen LogP contribution in [-0.4, -0.2) is 10.1 Å². The van der Waals surface area contributed by atoms with Gasteiger partial charge in [0.2, 0.25) is 0 Å². The molecule has 0 atom stereocenters. The van der Waals surface area contributed by atoms with Crippen LogP contribution in [0.5, 0.6) is 0 Å². The zero-order chi connectivity index (χ0) is 12.5. The molecule has 0 radical (unpaired) electrons. The Morgan fingerprint density at radius 1 is 1.38 bits per heavy atom. The second kappa shape index (κ2) is 4.50. The molecule has 1 N–H and O–H groups in total. The Kier molecular flexibility index (Phi) is 3.69. The summed E-state index contributed by atoms with van der Waals surface area (Å²) < 4.78 is 61.7. The van der Waals surface area contributed by atoms with E-state index in [1.165, 1.54) is 0 Å². The van der Waals surface area contributed by atoms with Crippen molar-refractivity contribution in [1.29, 1.82) is 0 Å². The van der Waals surface area contributed by atoms with E-state index in [-0.39, 0.29) is 5.56 Å². The minimum atomic E-state index is -4.97. The van der Waals surface area contributed by atoms with Crippen molar-refractivity contribution in [2.24, 2.45) is 0 Å². The zero-order valence-electron chi connectivity index (χ0n) is 7.52. The molecule has 0 saturated heterocycles. The van der Waals surface area contributed by atoms with Crippen LogP contribution in [0.3, 0.4) is 0 Å². The van der Waals surface area contributed by atoms with Gasteiger partial charge in [-0.15, -0.1) is 0 Å². The maximum atomic E-state index is 12.4. The molecule has 0 saturated carbocycles. The highest BCUT2D eigenvalue weighted by Gasteiger charge is 2.37. The standard InChI is InChI=1S/C8H5ClF5NO/c9-6-3(2-16)1-4(8(12,13)14)5(15-6)7(10)11/h1,7,16H,2H2. The summed E-state index contributed by atoms with van der Waals surface area (Å²) in [5.41, 5.74) is -3.37. The van der Waals surface area contributed by atoms with E-state index in [1.54, 1.807) is 0 Å². The molecule has 1 heterocycles. The predicted octanol–water partition coefficient (Wildman–Crippen LogP) is 3.18. The molecule has 90 valence electrons. The zero-order valence-corrected chi connectivity index (χ0v) is 8.28. The number of halogens is 6. The molecule has 1 aromatic heterocycles. The van der Waals surface area contributed by atoms with Crippen molar-refractivity contribution in [3.05, 3.63) is 28.0 Å². The number of aliphatic hydroxyl groups is 1.